The molecule has 2 rings (SSSR count). The van der Waals surface area contributed by atoms with Gasteiger partial charge in [-0.3, -0.25) is 9.78 Å². The number of carbonyl (C=O) groups is 1. The fourth-order valence-electron chi connectivity index (χ4n) is 1.55. The average molecular weight is 289 g/mol. The van der Waals surface area contributed by atoms with Crippen LogP contribution in [0.2, 0.25) is 0 Å². The summed E-state index contributed by atoms with van der Waals surface area (Å²) in [6, 6.07) is 10.3. The lowest BCUT2D eigenvalue weighted by molar-refractivity contribution is 0.102. The number of amides is 1. The Balaban J connectivity index is 2.16. The maximum Gasteiger partial charge on any atom is 0.255 e. The summed E-state index contributed by atoms with van der Waals surface area (Å²) in [5, 5.41) is 2.75. The second-order valence-corrected chi connectivity index (χ2v) is 4.25. The molecular formula is C14H13ClN4O. The van der Waals surface area contributed by atoms with E-state index in [9.17, 15) is 4.79 Å². The molecule has 1 aromatic carbocycles. The number of nitrogens with zero attached hydrogens (tertiary/aromatic N) is 2. The molecule has 0 aliphatic rings. The lowest BCUT2D eigenvalue weighted by Gasteiger charge is -2.05. The SMILES string of the molecule is NC(CCl)=Nc1cccc(C(=O)Nc2cccnc2)c1. The zero-order valence-corrected chi connectivity index (χ0v) is 11.3. The van der Waals surface area contributed by atoms with Crippen LogP contribution in [0.25, 0.3) is 0 Å². The molecule has 3 N–H and O–H groups in total. The molecule has 0 aliphatic carbocycles. The summed E-state index contributed by atoms with van der Waals surface area (Å²) in [7, 11) is 0. The van der Waals surface area contributed by atoms with E-state index in [0.29, 0.717) is 22.8 Å². The van der Waals surface area contributed by atoms with Gasteiger partial charge in [0.15, 0.2) is 0 Å². The molecule has 0 aliphatic heterocycles. The summed E-state index contributed by atoms with van der Waals surface area (Å²) in [5.74, 6) is 0.211. The molecular weight excluding hydrogens is 276 g/mol. The minimum atomic E-state index is -0.237. The van der Waals surface area contributed by atoms with E-state index in [1.165, 1.54) is 0 Å². The summed E-state index contributed by atoms with van der Waals surface area (Å²) in [5.41, 5.74) is 7.26. The van der Waals surface area contributed by atoms with Crippen LogP contribution in [0.5, 0.6) is 0 Å². The van der Waals surface area contributed by atoms with Crippen molar-refractivity contribution in [2.75, 3.05) is 11.2 Å². The van der Waals surface area contributed by atoms with Gasteiger partial charge in [0.05, 0.1) is 23.5 Å². The Hall–Kier alpha value is -2.40. The smallest absolute Gasteiger partial charge is 0.255 e. The van der Waals surface area contributed by atoms with Crippen molar-refractivity contribution in [1.29, 1.82) is 0 Å². The molecule has 0 bridgehead atoms. The van der Waals surface area contributed by atoms with Crippen molar-refractivity contribution >= 4 is 34.7 Å². The van der Waals surface area contributed by atoms with Crippen LogP contribution in [-0.4, -0.2) is 22.6 Å². The van der Waals surface area contributed by atoms with E-state index in [1.807, 2.05) is 0 Å². The van der Waals surface area contributed by atoms with Gasteiger partial charge in [0, 0.05) is 11.8 Å². The number of rotatable bonds is 4. The fraction of sp³-hybridized carbons (Fsp3) is 0.0714. The van der Waals surface area contributed by atoms with Crippen molar-refractivity contribution in [3.05, 3.63) is 54.4 Å². The third kappa shape index (κ3) is 3.80. The fourth-order valence-corrected chi connectivity index (χ4v) is 1.61. The quantitative estimate of drug-likeness (QED) is 0.515. The average Bonchev–Trinajstić information content (AvgIpc) is 2.48. The number of anilines is 1. The number of carbonyl (C=O) groups excluding carboxylic acids is 1. The van der Waals surface area contributed by atoms with Gasteiger partial charge in [0.25, 0.3) is 5.91 Å². The first-order chi connectivity index (χ1) is 9.69. The van der Waals surface area contributed by atoms with Crippen LogP contribution in [0.15, 0.2) is 53.8 Å². The third-order valence-corrected chi connectivity index (χ3v) is 2.71. The number of aliphatic imine (C=N–C) groups is 1. The van der Waals surface area contributed by atoms with Gasteiger partial charge in [-0.25, -0.2) is 4.99 Å². The van der Waals surface area contributed by atoms with Crippen LogP contribution in [0.3, 0.4) is 0 Å². The zero-order chi connectivity index (χ0) is 14.4. The highest BCUT2D eigenvalue weighted by Crippen LogP contribution is 2.15. The number of hydrogen-bond donors (Lipinski definition) is 2. The van der Waals surface area contributed by atoms with Gasteiger partial charge < -0.3 is 11.1 Å². The second-order valence-electron chi connectivity index (χ2n) is 3.98. The van der Waals surface area contributed by atoms with Crippen LogP contribution >= 0.6 is 11.6 Å². The minimum absolute atomic E-state index is 0.145. The molecule has 1 amide bonds. The van der Waals surface area contributed by atoms with Crippen LogP contribution in [0.1, 0.15) is 10.4 Å². The second kappa shape index (κ2) is 6.68. The highest BCUT2D eigenvalue weighted by Gasteiger charge is 2.06. The first-order valence-electron chi connectivity index (χ1n) is 5.89. The van der Waals surface area contributed by atoms with Crippen molar-refractivity contribution < 1.29 is 4.79 Å². The molecule has 6 heteroatoms. The van der Waals surface area contributed by atoms with Gasteiger partial charge >= 0.3 is 0 Å². The van der Waals surface area contributed by atoms with Crippen LogP contribution in [0, 0.1) is 0 Å². The number of halogens is 1. The minimum Gasteiger partial charge on any atom is -0.386 e. The Bertz CT molecular complexity index is 628. The Morgan fingerprint density at radius 2 is 2.20 bits per heavy atom. The van der Waals surface area contributed by atoms with Gasteiger partial charge in [-0.05, 0) is 30.3 Å². The van der Waals surface area contributed by atoms with Gasteiger partial charge in [-0.2, -0.15) is 0 Å². The number of alkyl halides is 1. The van der Waals surface area contributed by atoms with Crippen molar-refractivity contribution in [1.82, 2.24) is 4.98 Å². The topological polar surface area (TPSA) is 80.4 Å². The van der Waals surface area contributed by atoms with Crippen molar-refractivity contribution in [3.63, 3.8) is 0 Å². The standard InChI is InChI=1S/C14H13ClN4O/c15-8-13(16)18-11-4-1-3-10(7-11)14(20)19-12-5-2-6-17-9-12/h1-7,9H,8H2,(H2,16,18)(H,19,20). The van der Waals surface area contributed by atoms with Gasteiger partial charge in [0.1, 0.15) is 5.84 Å². The van der Waals surface area contributed by atoms with Crippen LogP contribution < -0.4 is 11.1 Å². The van der Waals surface area contributed by atoms with E-state index in [4.69, 9.17) is 17.3 Å². The van der Waals surface area contributed by atoms with E-state index in [2.05, 4.69) is 15.3 Å². The van der Waals surface area contributed by atoms with E-state index in [1.54, 1.807) is 48.8 Å². The highest BCUT2D eigenvalue weighted by atomic mass is 35.5. The van der Waals surface area contributed by atoms with Crippen LogP contribution in [0.4, 0.5) is 11.4 Å². The summed E-state index contributed by atoms with van der Waals surface area (Å²) in [6.07, 6.45) is 3.21. The largest absolute Gasteiger partial charge is 0.386 e. The molecule has 0 atom stereocenters. The molecule has 0 saturated carbocycles. The molecule has 0 saturated heterocycles. The monoisotopic (exact) mass is 288 g/mol. The van der Waals surface area contributed by atoms with Crippen molar-refractivity contribution in [2.24, 2.45) is 10.7 Å². The van der Waals surface area contributed by atoms with Gasteiger partial charge in [0.2, 0.25) is 0 Å². The van der Waals surface area contributed by atoms with E-state index in [-0.39, 0.29) is 11.8 Å². The summed E-state index contributed by atoms with van der Waals surface area (Å²) in [4.78, 5) is 20.1. The van der Waals surface area contributed by atoms with E-state index >= 15 is 0 Å². The molecule has 0 unspecified atom stereocenters. The zero-order valence-electron chi connectivity index (χ0n) is 10.6. The third-order valence-electron chi connectivity index (χ3n) is 2.44. The lowest BCUT2D eigenvalue weighted by atomic mass is 10.2. The first-order valence-corrected chi connectivity index (χ1v) is 6.43. The van der Waals surface area contributed by atoms with Crippen molar-refractivity contribution in [2.45, 2.75) is 0 Å². The first kappa shape index (κ1) is 14.0. The number of benzene rings is 1. The molecule has 1 heterocycles. The number of amidine groups is 1. The summed E-state index contributed by atoms with van der Waals surface area (Å²) in [6.45, 7) is 0. The molecule has 20 heavy (non-hydrogen) atoms. The highest BCUT2D eigenvalue weighted by molar-refractivity contribution is 6.28. The normalized spacial score (nSPS) is 11.2. The Morgan fingerprint density at radius 3 is 2.90 bits per heavy atom. The Kier molecular flexibility index (Phi) is 4.68. The van der Waals surface area contributed by atoms with E-state index in [0.717, 1.165) is 0 Å². The molecule has 0 radical (unpaired) electrons. The predicted octanol–water partition coefficient (Wildman–Crippen LogP) is 2.56. The summed E-state index contributed by atoms with van der Waals surface area (Å²) < 4.78 is 0. The maximum absolute atomic E-state index is 12.1. The number of nitrogens with one attached hydrogen (secondary N) is 1. The number of aromatic nitrogens is 1. The maximum atomic E-state index is 12.1. The number of pyridine rings is 1. The van der Waals surface area contributed by atoms with Gasteiger partial charge in [-0.15, -0.1) is 11.6 Å². The lowest BCUT2D eigenvalue weighted by Crippen LogP contribution is -2.13. The van der Waals surface area contributed by atoms with E-state index < -0.39 is 0 Å². The van der Waals surface area contributed by atoms with Gasteiger partial charge in [-0.1, -0.05) is 6.07 Å². The van der Waals surface area contributed by atoms with Crippen molar-refractivity contribution in [3.8, 4) is 0 Å². The Labute approximate surface area is 121 Å². The molecule has 102 valence electrons. The molecule has 1 aromatic heterocycles. The summed E-state index contributed by atoms with van der Waals surface area (Å²) >= 11 is 5.57. The molecule has 0 spiro atoms. The Morgan fingerprint density at radius 1 is 1.35 bits per heavy atom. The molecule has 2 aromatic rings. The predicted molar refractivity (Wildman–Crippen MR) is 80.6 cm³/mol. The number of nitrogens with two attached hydrogens (primary N) is 1. The molecule has 5 nitrogen and oxygen atoms in total. The van der Waals surface area contributed by atoms with Crippen LogP contribution in [-0.2, 0) is 0 Å². The molecule has 0 fully saturated rings. The number of hydrogen-bond acceptors (Lipinski definition) is 3.